The Morgan fingerprint density at radius 2 is 1.92 bits per heavy atom. The number of nitro groups is 1. The van der Waals surface area contributed by atoms with Crippen LogP contribution in [0.5, 0.6) is 11.5 Å². The van der Waals surface area contributed by atoms with Gasteiger partial charge in [0.1, 0.15) is 11.5 Å². The van der Waals surface area contributed by atoms with E-state index < -0.39 is 16.8 Å². The maximum Gasteiger partial charge on any atom is 0.308 e. The zero-order chi connectivity index (χ0) is 17.7. The lowest BCUT2D eigenvalue weighted by molar-refractivity contribution is -0.384. The molecule has 0 unspecified atom stereocenters. The lowest BCUT2D eigenvalue weighted by Gasteiger charge is -2.10. The standard InChI is InChI=1S/C16H14N2O6/c1-10(19)24-13-5-3-4-11(8-13)16(20)17-14-7-6-12(18(21)22)9-15(14)23-2/h3-9H,1-2H3,(H,17,20). The van der Waals surface area contributed by atoms with Crippen molar-refractivity contribution < 1.29 is 24.0 Å². The Morgan fingerprint density at radius 1 is 1.17 bits per heavy atom. The quantitative estimate of drug-likeness (QED) is 0.391. The fourth-order valence-corrected chi connectivity index (χ4v) is 1.96. The van der Waals surface area contributed by atoms with Crippen LogP contribution in [0.4, 0.5) is 11.4 Å². The number of methoxy groups -OCH3 is 1. The number of ether oxygens (including phenoxy) is 2. The number of non-ortho nitro benzene ring substituents is 1. The Balaban J connectivity index is 2.23. The molecule has 24 heavy (non-hydrogen) atoms. The zero-order valence-electron chi connectivity index (χ0n) is 12.9. The highest BCUT2D eigenvalue weighted by Gasteiger charge is 2.15. The van der Waals surface area contributed by atoms with Crippen molar-refractivity contribution in [1.82, 2.24) is 0 Å². The Hall–Kier alpha value is -3.42. The summed E-state index contributed by atoms with van der Waals surface area (Å²) in [5.74, 6) is -0.569. The summed E-state index contributed by atoms with van der Waals surface area (Å²) in [6.45, 7) is 1.26. The molecular weight excluding hydrogens is 316 g/mol. The lowest BCUT2D eigenvalue weighted by atomic mass is 10.2. The third-order valence-corrected chi connectivity index (χ3v) is 3.00. The molecule has 0 radical (unpaired) electrons. The molecule has 0 heterocycles. The van der Waals surface area contributed by atoms with Crippen LogP contribution in [-0.4, -0.2) is 23.9 Å². The fourth-order valence-electron chi connectivity index (χ4n) is 1.96. The number of hydrogen-bond acceptors (Lipinski definition) is 6. The van der Waals surface area contributed by atoms with Crippen LogP contribution in [0.15, 0.2) is 42.5 Å². The summed E-state index contributed by atoms with van der Waals surface area (Å²) in [5.41, 5.74) is 0.391. The van der Waals surface area contributed by atoms with Crippen molar-refractivity contribution in [2.24, 2.45) is 0 Å². The first kappa shape index (κ1) is 16.9. The summed E-state index contributed by atoms with van der Waals surface area (Å²) in [4.78, 5) is 33.5. The van der Waals surface area contributed by atoms with Gasteiger partial charge in [-0.15, -0.1) is 0 Å². The second kappa shape index (κ2) is 7.23. The van der Waals surface area contributed by atoms with Crippen molar-refractivity contribution in [3.05, 3.63) is 58.1 Å². The van der Waals surface area contributed by atoms with Gasteiger partial charge in [-0.1, -0.05) is 6.07 Å². The molecule has 0 aliphatic rings. The van der Waals surface area contributed by atoms with Gasteiger partial charge in [0.2, 0.25) is 0 Å². The highest BCUT2D eigenvalue weighted by molar-refractivity contribution is 6.05. The van der Waals surface area contributed by atoms with Gasteiger partial charge < -0.3 is 14.8 Å². The molecule has 0 atom stereocenters. The summed E-state index contributed by atoms with van der Waals surface area (Å²) in [7, 11) is 1.34. The Labute approximate surface area is 137 Å². The monoisotopic (exact) mass is 330 g/mol. The van der Waals surface area contributed by atoms with Gasteiger partial charge in [0.15, 0.2) is 0 Å². The average molecular weight is 330 g/mol. The van der Waals surface area contributed by atoms with E-state index in [1.165, 1.54) is 38.3 Å². The number of hydrogen-bond donors (Lipinski definition) is 1. The van der Waals surface area contributed by atoms with Crippen molar-refractivity contribution in [3.63, 3.8) is 0 Å². The van der Waals surface area contributed by atoms with Crippen molar-refractivity contribution in [3.8, 4) is 11.5 Å². The van der Waals surface area contributed by atoms with Gasteiger partial charge in [0, 0.05) is 18.6 Å². The Bertz CT molecular complexity index is 803. The molecule has 0 fully saturated rings. The number of rotatable bonds is 5. The molecule has 0 saturated heterocycles. The summed E-state index contributed by atoms with van der Waals surface area (Å²) < 4.78 is 9.98. The lowest BCUT2D eigenvalue weighted by Crippen LogP contribution is -2.13. The first-order valence-electron chi connectivity index (χ1n) is 6.83. The van der Waals surface area contributed by atoms with Gasteiger partial charge in [0.05, 0.1) is 23.8 Å². The summed E-state index contributed by atoms with van der Waals surface area (Å²) in [6.07, 6.45) is 0. The number of carbonyl (C=O) groups is 2. The summed E-state index contributed by atoms with van der Waals surface area (Å²) >= 11 is 0. The number of nitro benzene ring substituents is 1. The number of nitrogens with one attached hydrogen (secondary N) is 1. The maximum atomic E-state index is 12.3. The summed E-state index contributed by atoms with van der Waals surface area (Å²) in [6, 6.07) is 9.92. The van der Waals surface area contributed by atoms with Crippen LogP contribution in [0.2, 0.25) is 0 Å². The topological polar surface area (TPSA) is 108 Å². The van der Waals surface area contributed by atoms with Crippen LogP contribution < -0.4 is 14.8 Å². The van der Waals surface area contributed by atoms with E-state index in [4.69, 9.17) is 9.47 Å². The van der Waals surface area contributed by atoms with Crippen LogP contribution in [0.25, 0.3) is 0 Å². The molecule has 124 valence electrons. The van der Waals surface area contributed by atoms with Crippen molar-refractivity contribution in [2.75, 3.05) is 12.4 Å². The van der Waals surface area contributed by atoms with Crippen LogP contribution in [0, 0.1) is 10.1 Å². The average Bonchev–Trinajstić information content (AvgIpc) is 2.54. The zero-order valence-corrected chi connectivity index (χ0v) is 12.9. The highest BCUT2D eigenvalue weighted by Crippen LogP contribution is 2.29. The van der Waals surface area contributed by atoms with Gasteiger partial charge >= 0.3 is 5.97 Å². The van der Waals surface area contributed by atoms with Crippen LogP contribution in [0.3, 0.4) is 0 Å². The minimum Gasteiger partial charge on any atom is -0.494 e. The molecule has 0 aromatic heterocycles. The third kappa shape index (κ3) is 4.07. The largest absolute Gasteiger partial charge is 0.494 e. The van der Waals surface area contributed by atoms with Crippen molar-refractivity contribution >= 4 is 23.3 Å². The molecule has 0 aliphatic carbocycles. The van der Waals surface area contributed by atoms with E-state index in [0.717, 1.165) is 0 Å². The van der Waals surface area contributed by atoms with Gasteiger partial charge in [0.25, 0.3) is 11.6 Å². The van der Waals surface area contributed by atoms with E-state index in [-0.39, 0.29) is 28.4 Å². The van der Waals surface area contributed by atoms with Crippen LogP contribution in [0.1, 0.15) is 17.3 Å². The number of carbonyl (C=O) groups excluding carboxylic acids is 2. The number of nitrogens with zero attached hydrogens (tertiary/aromatic N) is 1. The van der Waals surface area contributed by atoms with Gasteiger partial charge in [-0.3, -0.25) is 19.7 Å². The molecule has 1 amide bonds. The first-order valence-corrected chi connectivity index (χ1v) is 6.83. The highest BCUT2D eigenvalue weighted by atomic mass is 16.6. The minimum atomic E-state index is -0.559. The fraction of sp³-hybridized carbons (Fsp3) is 0.125. The Morgan fingerprint density at radius 3 is 2.54 bits per heavy atom. The molecule has 2 rings (SSSR count). The number of benzene rings is 2. The van der Waals surface area contributed by atoms with Gasteiger partial charge in [-0.2, -0.15) is 0 Å². The second-order valence-electron chi connectivity index (χ2n) is 4.72. The van der Waals surface area contributed by atoms with E-state index in [1.807, 2.05) is 0 Å². The molecule has 0 bridgehead atoms. The minimum absolute atomic E-state index is 0.151. The van der Waals surface area contributed by atoms with Gasteiger partial charge in [-0.05, 0) is 24.3 Å². The van der Waals surface area contributed by atoms with Crippen LogP contribution >= 0.6 is 0 Å². The normalized spacial score (nSPS) is 9.92. The van der Waals surface area contributed by atoms with Crippen molar-refractivity contribution in [1.29, 1.82) is 0 Å². The molecule has 8 heteroatoms. The molecule has 0 spiro atoms. The van der Waals surface area contributed by atoms with Crippen LogP contribution in [-0.2, 0) is 4.79 Å². The number of esters is 1. The first-order chi connectivity index (χ1) is 11.4. The predicted molar refractivity (Wildman–Crippen MR) is 85.4 cm³/mol. The van der Waals surface area contributed by atoms with E-state index in [1.54, 1.807) is 18.2 Å². The number of anilines is 1. The maximum absolute atomic E-state index is 12.3. The van der Waals surface area contributed by atoms with Gasteiger partial charge in [-0.25, -0.2) is 0 Å². The number of amides is 1. The predicted octanol–water partition coefficient (Wildman–Crippen LogP) is 2.78. The Kier molecular flexibility index (Phi) is 5.10. The van der Waals surface area contributed by atoms with Crippen molar-refractivity contribution in [2.45, 2.75) is 6.92 Å². The molecule has 0 saturated carbocycles. The molecule has 2 aromatic rings. The molecule has 1 N–H and O–H groups in total. The molecular formula is C16H14N2O6. The molecule has 8 nitrogen and oxygen atoms in total. The molecule has 2 aromatic carbocycles. The van der Waals surface area contributed by atoms with E-state index in [9.17, 15) is 19.7 Å². The second-order valence-corrected chi connectivity index (χ2v) is 4.72. The van der Waals surface area contributed by atoms with E-state index in [2.05, 4.69) is 5.32 Å². The van der Waals surface area contributed by atoms with E-state index >= 15 is 0 Å². The third-order valence-electron chi connectivity index (χ3n) is 3.00. The molecule has 0 aliphatic heterocycles. The summed E-state index contributed by atoms with van der Waals surface area (Å²) in [5, 5.41) is 13.4. The SMILES string of the molecule is COc1cc([N+](=O)[O-])ccc1NC(=O)c1cccc(OC(C)=O)c1. The van der Waals surface area contributed by atoms with E-state index in [0.29, 0.717) is 0 Å². The smallest absolute Gasteiger partial charge is 0.308 e.